The van der Waals surface area contributed by atoms with Gasteiger partial charge >= 0.3 is 0 Å². The van der Waals surface area contributed by atoms with Gasteiger partial charge in [-0.25, -0.2) is 0 Å². The van der Waals surface area contributed by atoms with Crippen molar-refractivity contribution in [3.05, 3.63) is 0 Å². The standard InChI is InChI=1S/C14H26N2OS/c1-4-14(3,12(15)18)13(17)16-9-11-8-6-5-7-10(11)2/h10-11H,4-9H2,1-3H3,(H2,15,18)(H,16,17). The molecule has 0 bridgehead atoms. The Morgan fingerprint density at radius 2 is 2.06 bits per heavy atom. The van der Waals surface area contributed by atoms with E-state index in [4.69, 9.17) is 18.0 Å². The minimum absolute atomic E-state index is 0.0183. The van der Waals surface area contributed by atoms with Gasteiger partial charge in [-0.2, -0.15) is 0 Å². The molecule has 3 nitrogen and oxygen atoms in total. The minimum atomic E-state index is -0.701. The first kappa shape index (κ1) is 15.4. The van der Waals surface area contributed by atoms with Crippen molar-refractivity contribution in [1.29, 1.82) is 0 Å². The van der Waals surface area contributed by atoms with Crippen LogP contribution in [0.2, 0.25) is 0 Å². The molecule has 1 rings (SSSR count). The third-order valence-corrected chi connectivity index (χ3v) is 5.02. The van der Waals surface area contributed by atoms with Crippen molar-refractivity contribution in [2.45, 2.75) is 52.9 Å². The van der Waals surface area contributed by atoms with Crippen LogP contribution in [0.5, 0.6) is 0 Å². The van der Waals surface area contributed by atoms with Crippen LogP contribution in [0.1, 0.15) is 52.9 Å². The van der Waals surface area contributed by atoms with Gasteiger partial charge in [0.1, 0.15) is 0 Å². The van der Waals surface area contributed by atoms with Crippen molar-refractivity contribution in [3.63, 3.8) is 0 Å². The van der Waals surface area contributed by atoms with E-state index in [2.05, 4.69) is 12.2 Å². The Morgan fingerprint density at radius 3 is 2.56 bits per heavy atom. The van der Waals surface area contributed by atoms with Crippen molar-refractivity contribution in [1.82, 2.24) is 5.32 Å². The van der Waals surface area contributed by atoms with Crippen LogP contribution >= 0.6 is 12.2 Å². The molecule has 0 aromatic rings. The third kappa shape index (κ3) is 3.44. The van der Waals surface area contributed by atoms with Gasteiger partial charge in [-0.05, 0) is 31.6 Å². The summed E-state index contributed by atoms with van der Waals surface area (Å²) in [7, 11) is 0. The fourth-order valence-electron chi connectivity index (χ4n) is 2.56. The Kier molecular flexibility index (Phi) is 5.57. The number of nitrogens with two attached hydrogens (primary N) is 1. The van der Waals surface area contributed by atoms with Crippen molar-refractivity contribution >= 4 is 23.1 Å². The van der Waals surface area contributed by atoms with Crippen molar-refractivity contribution in [2.75, 3.05) is 6.54 Å². The van der Waals surface area contributed by atoms with Crippen LogP contribution in [0.25, 0.3) is 0 Å². The lowest BCUT2D eigenvalue weighted by atomic mass is 9.80. The van der Waals surface area contributed by atoms with Crippen molar-refractivity contribution < 1.29 is 4.79 Å². The monoisotopic (exact) mass is 270 g/mol. The third-order valence-electron chi connectivity index (χ3n) is 4.57. The highest BCUT2D eigenvalue weighted by Crippen LogP contribution is 2.29. The molecule has 0 radical (unpaired) electrons. The van der Waals surface area contributed by atoms with Gasteiger partial charge in [-0.15, -0.1) is 0 Å². The van der Waals surface area contributed by atoms with Crippen LogP contribution in [-0.2, 0) is 4.79 Å². The van der Waals surface area contributed by atoms with Gasteiger partial charge in [0, 0.05) is 6.54 Å². The molecular weight excluding hydrogens is 244 g/mol. The number of rotatable bonds is 5. The Hall–Kier alpha value is -0.640. The molecular formula is C14H26N2OS. The lowest BCUT2D eigenvalue weighted by Crippen LogP contribution is -2.48. The zero-order chi connectivity index (χ0) is 13.8. The summed E-state index contributed by atoms with van der Waals surface area (Å²) in [6.07, 6.45) is 5.75. The van der Waals surface area contributed by atoms with Gasteiger partial charge in [0.2, 0.25) is 5.91 Å². The second-order valence-electron chi connectivity index (χ2n) is 5.78. The topological polar surface area (TPSA) is 55.1 Å². The highest BCUT2D eigenvalue weighted by molar-refractivity contribution is 7.80. The van der Waals surface area contributed by atoms with Crippen LogP contribution in [0, 0.1) is 17.3 Å². The number of thiocarbonyl (C=S) groups is 1. The molecule has 0 aliphatic heterocycles. The number of nitrogens with one attached hydrogen (secondary N) is 1. The van der Waals surface area contributed by atoms with Gasteiger partial charge < -0.3 is 11.1 Å². The molecule has 0 spiro atoms. The largest absolute Gasteiger partial charge is 0.392 e. The number of hydrogen-bond donors (Lipinski definition) is 2. The Bertz CT molecular complexity index is 319. The molecule has 1 saturated carbocycles. The Morgan fingerprint density at radius 1 is 1.44 bits per heavy atom. The van der Waals surface area contributed by atoms with E-state index in [0.717, 1.165) is 6.54 Å². The molecule has 3 unspecified atom stereocenters. The van der Waals surface area contributed by atoms with Crippen molar-refractivity contribution in [2.24, 2.45) is 23.0 Å². The van der Waals surface area contributed by atoms with E-state index in [1.165, 1.54) is 25.7 Å². The maximum atomic E-state index is 12.2. The maximum Gasteiger partial charge on any atom is 0.232 e. The van der Waals surface area contributed by atoms with Crippen LogP contribution < -0.4 is 11.1 Å². The smallest absolute Gasteiger partial charge is 0.232 e. The SMILES string of the molecule is CCC(C)(C(=O)NCC1CCCCC1C)C(N)=S. The Labute approximate surface area is 116 Å². The van der Waals surface area contributed by atoms with E-state index in [0.29, 0.717) is 23.2 Å². The summed E-state index contributed by atoms with van der Waals surface area (Å²) >= 11 is 5.02. The van der Waals surface area contributed by atoms with Crippen molar-refractivity contribution in [3.8, 4) is 0 Å². The minimum Gasteiger partial charge on any atom is -0.392 e. The number of amides is 1. The van der Waals surface area contributed by atoms with E-state index in [1.807, 2.05) is 13.8 Å². The number of carbonyl (C=O) groups is 1. The summed E-state index contributed by atoms with van der Waals surface area (Å²) < 4.78 is 0. The molecule has 0 aromatic heterocycles. The normalized spacial score (nSPS) is 27.3. The van der Waals surface area contributed by atoms with Crippen LogP contribution in [0.4, 0.5) is 0 Å². The molecule has 4 heteroatoms. The van der Waals surface area contributed by atoms with Crippen LogP contribution in [0.3, 0.4) is 0 Å². The zero-order valence-electron chi connectivity index (χ0n) is 11.8. The van der Waals surface area contributed by atoms with Gasteiger partial charge in [0.25, 0.3) is 0 Å². The molecule has 18 heavy (non-hydrogen) atoms. The van der Waals surface area contributed by atoms with Crippen LogP contribution in [0.15, 0.2) is 0 Å². The quantitative estimate of drug-likeness (QED) is 0.755. The lowest BCUT2D eigenvalue weighted by molar-refractivity contribution is -0.127. The van der Waals surface area contributed by atoms with E-state index in [9.17, 15) is 4.79 Å². The van der Waals surface area contributed by atoms with Crippen LogP contribution in [-0.4, -0.2) is 17.4 Å². The summed E-state index contributed by atoms with van der Waals surface area (Å²) in [5, 5.41) is 3.05. The molecule has 3 atom stereocenters. The molecule has 0 saturated heterocycles. The average molecular weight is 270 g/mol. The first-order valence-electron chi connectivity index (χ1n) is 7.00. The first-order chi connectivity index (χ1) is 8.41. The Balaban J connectivity index is 2.52. The first-order valence-corrected chi connectivity index (χ1v) is 7.40. The number of hydrogen-bond acceptors (Lipinski definition) is 2. The van der Waals surface area contributed by atoms with Gasteiger partial charge in [-0.1, -0.05) is 45.3 Å². The summed E-state index contributed by atoms with van der Waals surface area (Å²) in [5.41, 5.74) is 4.99. The molecule has 1 aliphatic carbocycles. The summed E-state index contributed by atoms with van der Waals surface area (Å²) in [6.45, 7) is 6.82. The van der Waals surface area contributed by atoms with Gasteiger partial charge in [0.15, 0.2) is 0 Å². The second kappa shape index (κ2) is 6.50. The molecule has 104 valence electrons. The highest BCUT2D eigenvalue weighted by atomic mass is 32.1. The predicted molar refractivity (Wildman–Crippen MR) is 79.3 cm³/mol. The predicted octanol–water partition coefficient (Wildman–Crippen LogP) is 2.63. The average Bonchev–Trinajstić information content (AvgIpc) is 2.36. The van der Waals surface area contributed by atoms with E-state index in [-0.39, 0.29) is 5.91 Å². The summed E-state index contributed by atoms with van der Waals surface area (Å²) in [6, 6.07) is 0. The maximum absolute atomic E-state index is 12.2. The fraction of sp³-hybridized carbons (Fsp3) is 0.857. The highest BCUT2D eigenvalue weighted by Gasteiger charge is 2.35. The van der Waals surface area contributed by atoms with E-state index < -0.39 is 5.41 Å². The summed E-state index contributed by atoms with van der Waals surface area (Å²) in [5.74, 6) is 1.29. The fourth-order valence-corrected chi connectivity index (χ4v) is 2.80. The molecule has 1 fully saturated rings. The van der Waals surface area contributed by atoms with Gasteiger partial charge in [-0.3, -0.25) is 4.79 Å². The second-order valence-corrected chi connectivity index (χ2v) is 6.22. The molecule has 0 aromatic carbocycles. The summed E-state index contributed by atoms with van der Waals surface area (Å²) in [4.78, 5) is 12.5. The molecule has 1 amide bonds. The molecule has 0 heterocycles. The molecule has 1 aliphatic rings. The van der Waals surface area contributed by atoms with Gasteiger partial charge in [0.05, 0.1) is 10.4 Å². The van der Waals surface area contributed by atoms with E-state index >= 15 is 0 Å². The molecule has 3 N–H and O–H groups in total. The number of carbonyl (C=O) groups excluding carboxylic acids is 1. The zero-order valence-corrected chi connectivity index (χ0v) is 12.6. The lowest BCUT2D eigenvalue weighted by Gasteiger charge is -2.31. The van der Waals surface area contributed by atoms with E-state index in [1.54, 1.807) is 0 Å².